The highest BCUT2D eigenvalue weighted by Gasteiger charge is 2.30. The Morgan fingerprint density at radius 1 is 1.12 bits per heavy atom. The van der Waals surface area contributed by atoms with Gasteiger partial charge in [-0.3, -0.25) is 4.79 Å². The van der Waals surface area contributed by atoms with Gasteiger partial charge in [-0.05, 0) is 31.2 Å². The molecule has 0 saturated heterocycles. The Labute approximate surface area is 141 Å². The molecular formula is C19H22N4O. The van der Waals surface area contributed by atoms with Crippen LogP contribution in [-0.2, 0) is 0 Å². The van der Waals surface area contributed by atoms with Gasteiger partial charge in [0.1, 0.15) is 11.7 Å². The van der Waals surface area contributed by atoms with Crippen LogP contribution in [0.4, 0.5) is 0 Å². The van der Waals surface area contributed by atoms with Crippen LogP contribution in [0.5, 0.6) is 0 Å². The number of hydrogen-bond acceptors (Lipinski definition) is 3. The maximum Gasteiger partial charge on any atom is 0.252 e. The summed E-state index contributed by atoms with van der Waals surface area (Å²) in [6.07, 6.45) is -0.307. The van der Waals surface area contributed by atoms with Crippen molar-refractivity contribution in [2.24, 2.45) is 5.41 Å². The molecule has 0 radical (unpaired) electrons. The predicted molar refractivity (Wildman–Crippen MR) is 94.7 cm³/mol. The van der Waals surface area contributed by atoms with Crippen molar-refractivity contribution in [3.8, 4) is 0 Å². The minimum absolute atomic E-state index is 0.113. The van der Waals surface area contributed by atoms with Gasteiger partial charge in [0.15, 0.2) is 0 Å². The van der Waals surface area contributed by atoms with E-state index in [0.717, 1.165) is 16.6 Å². The number of rotatable bonds is 3. The first-order valence-electron chi connectivity index (χ1n) is 8.04. The number of amides is 1. The predicted octanol–water partition coefficient (Wildman–Crippen LogP) is 3.71. The van der Waals surface area contributed by atoms with Gasteiger partial charge in [0.25, 0.3) is 5.91 Å². The molecule has 3 rings (SSSR count). The number of fused-ring (bicyclic) bond motifs is 1. The fourth-order valence-electron chi connectivity index (χ4n) is 2.72. The van der Waals surface area contributed by atoms with Crippen molar-refractivity contribution in [3.63, 3.8) is 0 Å². The molecule has 24 heavy (non-hydrogen) atoms. The van der Waals surface area contributed by atoms with Crippen molar-refractivity contribution in [2.75, 3.05) is 0 Å². The first-order chi connectivity index (χ1) is 11.4. The zero-order valence-electron chi connectivity index (χ0n) is 14.4. The second-order valence-electron chi connectivity index (χ2n) is 7.13. The van der Waals surface area contributed by atoms with Gasteiger partial charge in [-0.15, -0.1) is 5.10 Å². The molecule has 0 spiro atoms. The Morgan fingerprint density at radius 2 is 1.88 bits per heavy atom. The zero-order chi connectivity index (χ0) is 17.3. The van der Waals surface area contributed by atoms with E-state index in [1.54, 1.807) is 4.68 Å². The summed E-state index contributed by atoms with van der Waals surface area (Å²) in [6.45, 7) is 8.20. The van der Waals surface area contributed by atoms with Gasteiger partial charge >= 0.3 is 0 Å². The van der Waals surface area contributed by atoms with Crippen molar-refractivity contribution in [2.45, 2.75) is 33.9 Å². The molecule has 0 bridgehead atoms. The second-order valence-corrected chi connectivity index (χ2v) is 7.13. The van der Waals surface area contributed by atoms with E-state index in [9.17, 15) is 4.79 Å². The summed E-state index contributed by atoms with van der Waals surface area (Å²) in [5, 5.41) is 11.6. The van der Waals surface area contributed by atoms with E-state index in [1.807, 2.05) is 55.5 Å². The first kappa shape index (κ1) is 16.2. The van der Waals surface area contributed by atoms with Crippen LogP contribution in [0.1, 0.15) is 42.9 Å². The number of aromatic nitrogens is 3. The minimum atomic E-state index is -0.307. The van der Waals surface area contributed by atoms with Crippen LogP contribution in [0.3, 0.4) is 0 Å². The lowest BCUT2D eigenvalue weighted by Gasteiger charge is -2.31. The Morgan fingerprint density at radius 3 is 2.58 bits per heavy atom. The van der Waals surface area contributed by atoms with Crippen LogP contribution in [0.2, 0.25) is 0 Å². The zero-order valence-corrected chi connectivity index (χ0v) is 14.4. The molecule has 0 aliphatic heterocycles. The molecule has 3 aromatic rings. The maximum atomic E-state index is 12.7. The van der Waals surface area contributed by atoms with Crippen LogP contribution in [0, 0.1) is 12.3 Å². The summed E-state index contributed by atoms with van der Waals surface area (Å²) in [5.41, 5.74) is 3.20. The van der Waals surface area contributed by atoms with Crippen molar-refractivity contribution in [1.82, 2.24) is 20.3 Å². The van der Waals surface area contributed by atoms with Gasteiger partial charge in [0.2, 0.25) is 0 Å². The molecule has 0 aliphatic rings. The van der Waals surface area contributed by atoms with Gasteiger partial charge in [0.05, 0.1) is 5.52 Å². The van der Waals surface area contributed by atoms with Crippen molar-refractivity contribution in [1.29, 1.82) is 0 Å². The molecule has 0 aliphatic carbocycles. The van der Waals surface area contributed by atoms with Gasteiger partial charge in [-0.25, -0.2) is 4.68 Å². The topological polar surface area (TPSA) is 59.8 Å². The van der Waals surface area contributed by atoms with E-state index in [1.165, 1.54) is 0 Å². The molecule has 1 heterocycles. The van der Waals surface area contributed by atoms with E-state index < -0.39 is 0 Å². The summed E-state index contributed by atoms with van der Waals surface area (Å²) in [4.78, 5) is 12.7. The average molecular weight is 322 g/mol. The number of carbonyl (C=O) groups excluding carboxylic acids is 1. The quantitative estimate of drug-likeness (QED) is 0.799. The third-order valence-corrected chi connectivity index (χ3v) is 3.99. The molecule has 1 aromatic heterocycles. The van der Waals surface area contributed by atoms with Crippen LogP contribution >= 0.6 is 0 Å². The number of para-hydroxylation sites is 1. The Kier molecular flexibility index (Phi) is 4.09. The second kappa shape index (κ2) is 6.07. The molecule has 1 N–H and O–H groups in total. The molecule has 5 nitrogen and oxygen atoms in total. The number of carbonyl (C=O) groups is 1. The monoisotopic (exact) mass is 322 g/mol. The van der Waals surface area contributed by atoms with E-state index >= 15 is 0 Å². The summed E-state index contributed by atoms with van der Waals surface area (Å²) >= 11 is 0. The van der Waals surface area contributed by atoms with Gasteiger partial charge in [0, 0.05) is 11.0 Å². The third-order valence-electron chi connectivity index (χ3n) is 3.99. The van der Waals surface area contributed by atoms with E-state index in [2.05, 4.69) is 36.4 Å². The average Bonchev–Trinajstić information content (AvgIpc) is 2.95. The van der Waals surface area contributed by atoms with E-state index in [0.29, 0.717) is 5.56 Å². The molecule has 1 unspecified atom stereocenters. The molecule has 1 atom stereocenters. The van der Waals surface area contributed by atoms with Crippen LogP contribution < -0.4 is 5.32 Å². The molecule has 1 amide bonds. The summed E-state index contributed by atoms with van der Waals surface area (Å²) < 4.78 is 1.79. The molecule has 2 aromatic carbocycles. The van der Waals surface area contributed by atoms with Crippen LogP contribution in [0.15, 0.2) is 48.5 Å². The Balaban J connectivity index is 1.98. The van der Waals surface area contributed by atoms with E-state index in [4.69, 9.17) is 0 Å². The van der Waals surface area contributed by atoms with Crippen LogP contribution in [0.25, 0.3) is 11.0 Å². The number of aryl methyl sites for hydroxylation is 1. The Hall–Kier alpha value is -2.69. The molecule has 124 valence electrons. The fourth-order valence-corrected chi connectivity index (χ4v) is 2.72. The van der Waals surface area contributed by atoms with Gasteiger partial charge in [-0.1, -0.05) is 55.8 Å². The van der Waals surface area contributed by atoms with Crippen LogP contribution in [-0.4, -0.2) is 20.9 Å². The maximum absolute atomic E-state index is 12.7. The lowest BCUT2D eigenvalue weighted by Crippen LogP contribution is -2.41. The van der Waals surface area contributed by atoms with Gasteiger partial charge in [-0.2, -0.15) is 0 Å². The lowest BCUT2D eigenvalue weighted by molar-refractivity contribution is 0.0843. The SMILES string of the molecule is Cc1cccc(C(=O)NC(n2nnc3ccccc32)C(C)(C)C)c1. The highest BCUT2D eigenvalue weighted by atomic mass is 16.1. The summed E-state index contributed by atoms with van der Waals surface area (Å²) in [7, 11) is 0. The first-order valence-corrected chi connectivity index (χ1v) is 8.04. The normalized spacial score (nSPS) is 13.0. The fraction of sp³-hybridized carbons (Fsp3) is 0.316. The number of benzene rings is 2. The molecule has 0 fully saturated rings. The number of nitrogens with zero attached hydrogens (tertiary/aromatic N) is 3. The molecule has 5 heteroatoms. The van der Waals surface area contributed by atoms with Crippen molar-refractivity contribution < 1.29 is 4.79 Å². The summed E-state index contributed by atoms with van der Waals surface area (Å²) in [6, 6.07) is 15.3. The highest BCUT2D eigenvalue weighted by molar-refractivity contribution is 5.94. The lowest BCUT2D eigenvalue weighted by atomic mass is 9.91. The molecule has 0 saturated carbocycles. The van der Waals surface area contributed by atoms with Crippen molar-refractivity contribution in [3.05, 3.63) is 59.7 Å². The smallest absolute Gasteiger partial charge is 0.252 e. The van der Waals surface area contributed by atoms with Gasteiger partial charge < -0.3 is 5.32 Å². The Bertz CT molecular complexity index is 876. The third kappa shape index (κ3) is 3.15. The number of hydrogen-bond donors (Lipinski definition) is 1. The minimum Gasteiger partial charge on any atom is -0.330 e. The highest BCUT2D eigenvalue weighted by Crippen LogP contribution is 2.30. The standard InChI is InChI=1S/C19H22N4O/c1-13-8-7-9-14(12-13)17(24)20-18(19(2,3)4)23-16-11-6-5-10-15(16)21-22-23/h5-12,18H,1-4H3,(H,20,24). The van der Waals surface area contributed by atoms with E-state index in [-0.39, 0.29) is 17.5 Å². The molecular weight excluding hydrogens is 300 g/mol. The largest absolute Gasteiger partial charge is 0.330 e. The van der Waals surface area contributed by atoms with Crippen molar-refractivity contribution >= 4 is 16.9 Å². The summed E-state index contributed by atoms with van der Waals surface area (Å²) in [5.74, 6) is -0.113. The number of nitrogens with one attached hydrogen (secondary N) is 1.